The standard InChI is InChI=1S/C16H25N5O6S/c1-17-28(25,26)19-12-5-8-20(9-6-12)10-7-16(22)18-14-4-3-13(27-2)11-15(14)21(23)24/h3-4,11-12,17,19H,5-10H2,1-2H3,(H,18,22). The molecule has 0 unspecified atom stereocenters. The van der Waals surface area contributed by atoms with Crippen LogP contribution < -0.4 is 19.5 Å². The first-order valence-corrected chi connectivity index (χ1v) is 10.3. The minimum Gasteiger partial charge on any atom is -0.496 e. The van der Waals surface area contributed by atoms with E-state index in [1.54, 1.807) is 6.07 Å². The second-order valence-corrected chi connectivity index (χ2v) is 8.03. The number of amides is 1. The Labute approximate surface area is 163 Å². The lowest BCUT2D eigenvalue weighted by molar-refractivity contribution is -0.384. The maximum Gasteiger partial charge on any atom is 0.296 e. The number of carbonyl (C=O) groups is 1. The lowest BCUT2D eigenvalue weighted by Gasteiger charge is -2.31. The highest BCUT2D eigenvalue weighted by Crippen LogP contribution is 2.29. The predicted molar refractivity (Wildman–Crippen MR) is 103 cm³/mol. The SMILES string of the molecule is CNS(=O)(=O)NC1CCN(CCC(=O)Nc2ccc(OC)cc2[N+](=O)[O-])CC1. The van der Waals surface area contributed by atoms with E-state index in [1.807, 2.05) is 0 Å². The molecule has 0 aromatic heterocycles. The van der Waals surface area contributed by atoms with E-state index in [0.29, 0.717) is 38.2 Å². The summed E-state index contributed by atoms with van der Waals surface area (Å²) in [6, 6.07) is 4.10. The Balaban J connectivity index is 1.82. The number of rotatable bonds is 9. The molecular weight excluding hydrogens is 390 g/mol. The lowest BCUT2D eigenvalue weighted by Crippen LogP contribution is -2.47. The van der Waals surface area contributed by atoms with E-state index in [-0.39, 0.29) is 29.7 Å². The number of piperidine rings is 1. The van der Waals surface area contributed by atoms with Gasteiger partial charge in [-0.15, -0.1) is 0 Å². The van der Waals surface area contributed by atoms with E-state index in [2.05, 4.69) is 19.7 Å². The fraction of sp³-hybridized carbons (Fsp3) is 0.562. The molecular formula is C16H25N5O6S. The molecule has 0 bridgehead atoms. The molecule has 0 aliphatic carbocycles. The van der Waals surface area contributed by atoms with E-state index in [4.69, 9.17) is 4.74 Å². The van der Waals surface area contributed by atoms with Crippen LogP contribution in [-0.4, -0.2) is 64.0 Å². The first kappa shape index (κ1) is 22.0. The third-order valence-electron chi connectivity index (χ3n) is 4.51. The summed E-state index contributed by atoms with van der Waals surface area (Å²) < 4.78 is 32.8. The second-order valence-electron chi connectivity index (χ2n) is 6.38. The van der Waals surface area contributed by atoms with Crippen molar-refractivity contribution in [3.8, 4) is 5.75 Å². The number of benzene rings is 1. The Kier molecular flexibility index (Phi) is 7.69. The molecule has 1 fully saturated rings. The number of methoxy groups -OCH3 is 1. The molecule has 156 valence electrons. The zero-order valence-corrected chi connectivity index (χ0v) is 16.6. The van der Waals surface area contributed by atoms with E-state index in [1.165, 1.54) is 26.3 Å². The van der Waals surface area contributed by atoms with Crippen LogP contribution in [0.15, 0.2) is 18.2 Å². The van der Waals surface area contributed by atoms with Gasteiger partial charge in [0, 0.05) is 26.1 Å². The van der Waals surface area contributed by atoms with Gasteiger partial charge in [-0.3, -0.25) is 14.9 Å². The minimum atomic E-state index is -3.46. The second kappa shape index (κ2) is 9.78. The van der Waals surface area contributed by atoms with Crippen LogP contribution in [0.4, 0.5) is 11.4 Å². The maximum absolute atomic E-state index is 12.2. The Bertz CT molecular complexity index is 808. The summed E-state index contributed by atoms with van der Waals surface area (Å²) >= 11 is 0. The Morgan fingerprint density at radius 1 is 1.36 bits per heavy atom. The van der Waals surface area contributed by atoms with Gasteiger partial charge < -0.3 is 15.0 Å². The number of hydrogen-bond donors (Lipinski definition) is 3. The van der Waals surface area contributed by atoms with Gasteiger partial charge in [-0.05, 0) is 38.1 Å². The summed E-state index contributed by atoms with van der Waals surface area (Å²) in [6.45, 7) is 1.81. The largest absolute Gasteiger partial charge is 0.496 e. The molecule has 1 amide bonds. The molecule has 0 saturated carbocycles. The van der Waals surface area contributed by atoms with E-state index in [0.717, 1.165) is 0 Å². The number of carbonyl (C=O) groups excluding carboxylic acids is 1. The van der Waals surface area contributed by atoms with Crippen LogP contribution in [0.1, 0.15) is 19.3 Å². The monoisotopic (exact) mass is 415 g/mol. The smallest absolute Gasteiger partial charge is 0.296 e. The van der Waals surface area contributed by atoms with Crippen molar-refractivity contribution in [1.29, 1.82) is 0 Å². The van der Waals surface area contributed by atoms with Crippen LogP contribution in [0.25, 0.3) is 0 Å². The summed E-state index contributed by atoms with van der Waals surface area (Å²) in [5.74, 6) is 0.00717. The van der Waals surface area contributed by atoms with Crippen molar-refractivity contribution < 1.29 is 22.9 Å². The van der Waals surface area contributed by atoms with Gasteiger partial charge in [-0.25, -0.2) is 4.72 Å². The summed E-state index contributed by atoms with van der Waals surface area (Å²) in [4.78, 5) is 24.8. The fourth-order valence-corrected chi connectivity index (χ4v) is 3.71. The van der Waals surface area contributed by atoms with Gasteiger partial charge in [-0.2, -0.15) is 13.1 Å². The Hall–Kier alpha value is -2.28. The molecule has 28 heavy (non-hydrogen) atoms. The molecule has 1 heterocycles. The van der Waals surface area contributed by atoms with Crippen molar-refractivity contribution >= 4 is 27.5 Å². The van der Waals surface area contributed by atoms with Crippen LogP contribution >= 0.6 is 0 Å². The molecule has 1 saturated heterocycles. The van der Waals surface area contributed by atoms with Crippen molar-refractivity contribution in [2.45, 2.75) is 25.3 Å². The Morgan fingerprint density at radius 3 is 2.61 bits per heavy atom. The average Bonchev–Trinajstić information content (AvgIpc) is 2.67. The third kappa shape index (κ3) is 6.41. The van der Waals surface area contributed by atoms with Crippen molar-refractivity contribution in [2.75, 3.05) is 39.1 Å². The number of hydrogen-bond acceptors (Lipinski definition) is 7. The van der Waals surface area contributed by atoms with E-state index < -0.39 is 15.1 Å². The zero-order valence-electron chi connectivity index (χ0n) is 15.8. The van der Waals surface area contributed by atoms with Gasteiger partial charge in [0.25, 0.3) is 15.9 Å². The minimum absolute atomic E-state index is 0.121. The van der Waals surface area contributed by atoms with E-state index >= 15 is 0 Å². The molecule has 1 aromatic rings. The van der Waals surface area contributed by atoms with Crippen LogP contribution in [0, 0.1) is 10.1 Å². The van der Waals surface area contributed by atoms with Crippen molar-refractivity contribution in [3.63, 3.8) is 0 Å². The summed E-state index contributed by atoms with van der Waals surface area (Å²) in [5.41, 5.74) is -0.110. The number of anilines is 1. The van der Waals surface area contributed by atoms with E-state index in [9.17, 15) is 23.3 Å². The molecule has 2 rings (SSSR count). The maximum atomic E-state index is 12.2. The predicted octanol–water partition coefficient (Wildman–Crippen LogP) is 0.450. The third-order valence-corrected chi connectivity index (χ3v) is 5.69. The number of likely N-dealkylation sites (tertiary alicyclic amines) is 1. The highest BCUT2D eigenvalue weighted by molar-refractivity contribution is 7.87. The molecule has 0 spiro atoms. The quantitative estimate of drug-likeness (QED) is 0.392. The number of nitrogens with one attached hydrogen (secondary N) is 3. The molecule has 12 heteroatoms. The van der Waals surface area contributed by atoms with Crippen LogP contribution in [0.2, 0.25) is 0 Å². The number of nitrogens with zero attached hydrogens (tertiary/aromatic N) is 2. The average molecular weight is 415 g/mol. The molecule has 0 radical (unpaired) electrons. The van der Waals surface area contributed by atoms with Crippen molar-refractivity contribution in [1.82, 2.24) is 14.3 Å². The van der Waals surface area contributed by atoms with Crippen LogP contribution in [-0.2, 0) is 15.0 Å². The zero-order chi connectivity index (χ0) is 20.7. The number of nitro groups is 1. The van der Waals surface area contributed by atoms with Crippen LogP contribution in [0.5, 0.6) is 5.75 Å². The fourth-order valence-electron chi connectivity index (χ4n) is 2.92. The topological polar surface area (TPSA) is 143 Å². The summed E-state index contributed by atoms with van der Waals surface area (Å²) in [6.07, 6.45) is 1.47. The molecule has 1 aromatic carbocycles. The molecule has 0 atom stereocenters. The number of ether oxygens (including phenoxy) is 1. The van der Waals surface area contributed by atoms with Gasteiger partial charge in [0.1, 0.15) is 11.4 Å². The first-order valence-electron chi connectivity index (χ1n) is 8.79. The Morgan fingerprint density at radius 2 is 2.04 bits per heavy atom. The van der Waals surface area contributed by atoms with Crippen molar-refractivity contribution in [2.24, 2.45) is 0 Å². The molecule has 1 aliphatic rings. The lowest BCUT2D eigenvalue weighted by atomic mass is 10.1. The number of nitro benzene ring substituents is 1. The van der Waals surface area contributed by atoms with Gasteiger partial charge in [0.15, 0.2) is 0 Å². The van der Waals surface area contributed by atoms with Gasteiger partial charge in [0.2, 0.25) is 5.91 Å². The van der Waals surface area contributed by atoms with Gasteiger partial charge >= 0.3 is 0 Å². The highest BCUT2D eigenvalue weighted by atomic mass is 32.2. The summed E-state index contributed by atoms with van der Waals surface area (Å²) in [7, 11) is -0.702. The molecule has 11 nitrogen and oxygen atoms in total. The van der Waals surface area contributed by atoms with Crippen molar-refractivity contribution in [3.05, 3.63) is 28.3 Å². The van der Waals surface area contributed by atoms with Gasteiger partial charge in [-0.1, -0.05) is 0 Å². The van der Waals surface area contributed by atoms with Gasteiger partial charge in [0.05, 0.1) is 18.1 Å². The van der Waals surface area contributed by atoms with Crippen LogP contribution in [0.3, 0.4) is 0 Å². The highest BCUT2D eigenvalue weighted by Gasteiger charge is 2.23. The molecule has 1 aliphatic heterocycles. The first-order chi connectivity index (χ1) is 13.2. The molecule has 3 N–H and O–H groups in total. The summed E-state index contributed by atoms with van der Waals surface area (Å²) in [5, 5.41) is 13.7. The normalized spacial score (nSPS) is 15.9.